The maximum atomic E-state index is 12.9. The van der Waals surface area contributed by atoms with Crippen molar-refractivity contribution in [3.05, 3.63) is 53.6 Å². The average Bonchev–Trinajstić information content (AvgIpc) is 2.62. The van der Waals surface area contributed by atoms with Crippen molar-refractivity contribution in [1.29, 1.82) is 0 Å². The Hall–Kier alpha value is -2.05. The molecule has 134 valence electrons. The highest BCUT2D eigenvalue weighted by molar-refractivity contribution is 7.89. The normalized spacial score (nSPS) is 16.0. The SMILES string of the molecule is COc1ccc(S(=O)(=O)N2CCN(c3ccc(C)cc3)CC2)cc1C. The number of anilines is 1. The van der Waals surface area contributed by atoms with E-state index >= 15 is 0 Å². The van der Waals surface area contributed by atoms with Crippen LogP contribution in [0.1, 0.15) is 11.1 Å². The molecule has 1 saturated heterocycles. The number of ether oxygens (including phenoxy) is 1. The van der Waals surface area contributed by atoms with Gasteiger partial charge in [-0.1, -0.05) is 17.7 Å². The van der Waals surface area contributed by atoms with Gasteiger partial charge in [-0.15, -0.1) is 0 Å². The number of rotatable bonds is 4. The van der Waals surface area contributed by atoms with Crippen LogP contribution in [0.15, 0.2) is 47.4 Å². The standard InChI is InChI=1S/C19H24N2O3S/c1-15-4-6-17(7-5-15)20-10-12-21(13-11-20)25(22,23)18-8-9-19(24-3)16(2)14-18/h4-9,14H,10-13H2,1-3H3. The van der Waals surface area contributed by atoms with Gasteiger partial charge in [0.1, 0.15) is 5.75 Å². The second kappa shape index (κ2) is 7.06. The number of methoxy groups -OCH3 is 1. The molecule has 0 saturated carbocycles. The van der Waals surface area contributed by atoms with E-state index in [0.29, 0.717) is 36.8 Å². The van der Waals surface area contributed by atoms with Gasteiger partial charge in [0.05, 0.1) is 12.0 Å². The summed E-state index contributed by atoms with van der Waals surface area (Å²) < 4.78 is 32.6. The minimum Gasteiger partial charge on any atom is -0.496 e. The summed E-state index contributed by atoms with van der Waals surface area (Å²) in [6.45, 7) is 6.27. The van der Waals surface area contributed by atoms with Gasteiger partial charge in [-0.25, -0.2) is 8.42 Å². The van der Waals surface area contributed by atoms with Crippen molar-refractivity contribution in [3.8, 4) is 5.75 Å². The summed E-state index contributed by atoms with van der Waals surface area (Å²) in [5.74, 6) is 0.697. The molecule has 2 aromatic rings. The molecule has 5 nitrogen and oxygen atoms in total. The van der Waals surface area contributed by atoms with Crippen LogP contribution in [-0.2, 0) is 10.0 Å². The van der Waals surface area contributed by atoms with Gasteiger partial charge < -0.3 is 9.64 Å². The van der Waals surface area contributed by atoms with Gasteiger partial charge in [0.2, 0.25) is 10.0 Å². The summed E-state index contributed by atoms with van der Waals surface area (Å²) in [5, 5.41) is 0. The van der Waals surface area contributed by atoms with Gasteiger partial charge in [-0.2, -0.15) is 4.31 Å². The summed E-state index contributed by atoms with van der Waals surface area (Å²) in [7, 11) is -1.89. The second-order valence-corrected chi connectivity index (χ2v) is 8.30. The van der Waals surface area contributed by atoms with Crippen molar-refractivity contribution in [2.45, 2.75) is 18.7 Å². The third-order valence-corrected chi connectivity index (χ3v) is 6.54. The maximum Gasteiger partial charge on any atom is 0.243 e. The molecule has 0 radical (unpaired) electrons. The van der Waals surface area contributed by atoms with Crippen LogP contribution < -0.4 is 9.64 Å². The molecule has 0 bridgehead atoms. The van der Waals surface area contributed by atoms with Crippen LogP contribution in [0.2, 0.25) is 0 Å². The summed E-state index contributed by atoms with van der Waals surface area (Å²) in [6, 6.07) is 13.4. The van der Waals surface area contributed by atoms with E-state index in [2.05, 4.69) is 36.1 Å². The highest BCUT2D eigenvalue weighted by Gasteiger charge is 2.28. The lowest BCUT2D eigenvalue weighted by Gasteiger charge is -2.35. The Morgan fingerprint density at radius 3 is 2.12 bits per heavy atom. The Kier molecular flexibility index (Phi) is 5.01. The summed E-state index contributed by atoms with van der Waals surface area (Å²) in [4.78, 5) is 2.56. The van der Waals surface area contributed by atoms with E-state index in [1.165, 1.54) is 5.56 Å². The molecule has 0 spiro atoms. The van der Waals surface area contributed by atoms with E-state index in [9.17, 15) is 8.42 Å². The average molecular weight is 360 g/mol. The van der Waals surface area contributed by atoms with Gasteiger partial charge in [0.15, 0.2) is 0 Å². The molecule has 0 unspecified atom stereocenters. The number of benzene rings is 2. The van der Waals surface area contributed by atoms with Crippen LogP contribution in [0, 0.1) is 13.8 Å². The third kappa shape index (κ3) is 3.65. The van der Waals surface area contributed by atoms with Crippen LogP contribution in [0.4, 0.5) is 5.69 Å². The van der Waals surface area contributed by atoms with Crippen molar-refractivity contribution in [2.75, 3.05) is 38.2 Å². The lowest BCUT2D eigenvalue weighted by molar-refractivity contribution is 0.384. The highest BCUT2D eigenvalue weighted by atomic mass is 32.2. The van der Waals surface area contributed by atoms with E-state index in [4.69, 9.17) is 4.74 Å². The number of nitrogens with zero attached hydrogens (tertiary/aromatic N) is 2. The lowest BCUT2D eigenvalue weighted by Crippen LogP contribution is -2.48. The van der Waals surface area contributed by atoms with Crippen molar-refractivity contribution < 1.29 is 13.2 Å². The topological polar surface area (TPSA) is 49.9 Å². The molecule has 0 amide bonds. The first kappa shape index (κ1) is 17.8. The summed E-state index contributed by atoms with van der Waals surface area (Å²) in [5.41, 5.74) is 3.18. The Bertz CT molecular complexity index is 839. The highest BCUT2D eigenvalue weighted by Crippen LogP contribution is 2.25. The number of piperazine rings is 1. The van der Waals surface area contributed by atoms with Gasteiger partial charge in [-0.05, 0) is 49.7 Å². The van der Waals surface area contributed by atoms with E-state index in [-0.39, 0.29) is 0 Å². The maximum absolute atomic E-state index is 12.9. The molecule has 0 aromatic heterocycles. The van der Waals surface area contributed by atoms with Crippen LogP contribution in [-0.4, -0.2) is 46.0 Å². The number of aryl methyl sites for hydroxylation is 2. The van der Waals surface area contributed by atoms with Crippen LogP contribution in [0.5, 0.6) is 5.75 Å². The van der Waals surface area contributed by atoms with E-state index in [1.807, 2.05) is 6.92 Å². The van der Waals surface area contributed by atoms with Crippen molar-refractivity contribution >= 4 is 15.7 Å². The van der Waals surface area contributed by atoms with Crippen molar-refractivity contribution in [3.63, 3.8) is 0 Å². The quantitative estimate of drug-likeness (QED) is 0.841. The van der Waals surface area contributed by atoms with E-state index in [1.54, 1.807) is 29.6 Å². The Balaban J connectivity index is 1.73. The summed E-state index contributed by atoms with van der Waals surface area (Å²) >= 11 is 0. The first-order chi connectivity index (χ1) is 11.9. The Morgan fingerprint density at radius 2 is 1.56 bits per heavy atom. The molecule has 1 heterocycles. The molecule has 25 heavy (non-hydrogen) atoms. The van der Waals surface area contributed by atoms with E-state index in [0.717, 1.165) is 11.3 Å². The number of sulfonamides is 1. The zero-order valence-electron chi connectivity index (χ0n) is 14.9. The van der Waals surface area contributed by atoms with Crippen molar-refractivity contribution in [2.24, 2.45) is 0 Å². The molecule has 0 aliphatic carbocycles. The molecule has 0 atom stereocenters. The minimum absolute atomic E-state index is 0.328. The van der Waals surface area contributed by atoms with E-state index < -0.39 is 10.0 Å². The molecular formula is C19H24N2O3S. The largest absolute Gasteiger partial charge is 0.496 e. The molecule has 2 aromatic carbocycles. The first-order valence-electron chi connectivity index (χ1n) is 8.38. The molecule has 1 fully saturated rings. The Labute approximate surface area is 149 Å². The number of hydrogen-bond acceptors (Lipinski definition) is 4. The molecular weight excluding hydrogens is 336 g/mol. The second-order valence-electron chi connectivity index (χ2n) is 6.36. The molecule has 1 aliphatic heterocycles. The Morgan fingerprint density at radius 1 is 0.920 bits per heavy atom. The van der Waals surface area contributed by atoms with Gasteiger partial charge in [0.25, 0.3) is 0 Å². The fraction of sp³-hybridized carbons (Fsp3) is 0.368. The van der Waals surface area contributed by atoms with Gasteiger partial charge >= 0.3 is 0 Å². The van der Waals surface area contributed by atoms with Crippen LogP contribution in [0.3, 0.4) is 0 Å². The molecule has 0 N–H and O–H groups in total. The predicted octanol–water partition coefficient (Wildman–Crippen LogP) is 2.82. The predicted molar refractivity (Wildman–Crippen MR) is 99.9 cm³/mol. The third-order valence-electron chi connectivity index (χ3n) is 4.64. The zero-order chi connectivity index (χ0) is 18.0. The smallest absolute Gasteiger partial charge is 0.243 e. The lowest BCUT2D eigenvalue weighted by atomic mass is 10.2. The summed E-state index contributed by atoms with van der Waals surface area (Å²) in [6.07, 6.45) is 0. The zero-order valence-corrected chi connectivity index (χ0v) is 15.7. The van der Waals surface area contributed by atoms with Crippen LogP contribution in [0.25, 0.3) is 0 Å². The molecule has 6 heteroatoms. The first-order valence-corrected chi connectivity index (χ1v) is 9.82. The fourth-order valence-electron chi connectivity index (χ4n) is 3.10. The molecule has 1 aliphatic rings. The van der Waals surface area contributed by atoms with Gasteiger partial charge in [-0.3, -0.25) is 0 Å². The van der Waals surface area contributed by atoms with Crippen LogP contribution >= 0.6 is 0 Å². The number of hydrogen-bond donors (Lipinski definition) is 0. The monoisotopic (exact) mass is 360 g/mol. The van der Waals surface area contributed by atoms with Crippen molar-refractivity contribution in [1.82, 2.24) is 4.31 Å². The minimum atomic E-state index is -3.47. The van der Waals surface area contributed by atoms with Gasteiger partial charge in [0, 0.05) is 31.9 Å². The fourth-order valence-corrected chi connectivity index (χ4v) is 4.61. The molecule has 3 rings (SSSR count).